The topological polar surface area (TPSA) is 92.4 Å². The molecule has 0 unspecified atom stereocenters. The number of carboxylic acid groups (broad SMARTS) is 1. The third-order valence-electron chi connectivity index (χ3n) is 3.31. The van der Waals surface area contributed by atoms with Gasteiger partial charge in [-0.15, -0.1) is 11.8 Å². The summed E-state index contributed by atoms with van der Waals surface area (Å²) in [5.74, 6) is -0.814. The lowest BCUT2D eigenvalue weighted by molar-refractivity contribution is -0.139. The molecule has 0 radical (unpaired) electrons. The molecule has 4 N–H and O–H groups in total. The number of hydrogen-bond acceptors (Lipinski definition) is 4. The van der Waals surface area contributed by atoms with Gasteiger partial charge in [0.1, 0.15) is 6.04 Å². The summed E-state index contributed by atoms with van der Waals surface area (Å²) in [7, 11) is 0. The lowest BCUT2D eigenvalue weighted by Crippen LogP contribution is -2.47. The molecule has 104 valence electrons. The summed E-state index contributed by atoms with van der Waals surface area (Å²) in [6, 6.07) is -0.670. The molecule has 0 aromatic rings. The fraction of sp³-hybridized carbons (Fsp3) is 0.833. The van der Waals surface area contributed by atoms with E-state index < -0.39 is 16.8 Å². The molecule has 5 nitrogen and oxygen atoms in total. The lowest BCUT2D eigenvalue weighted by Gasteiger charge is -2.27. The first-order valence-electron chi connectivity index (χ1n) is 6.24. The minimum atomic E-state index is -1.04. The Labute approximate surface area is 112 Å². The number of thioether (sulfide) groups is 1. The highest BCUT2D eigenvalue weighted by molar-refractivity contribution is 8.01. The second-order valence-corrected chi connectivity index (χ2v) is 6.89. The Hall–Kier alpha value is -0.750. The van der Waals surface area contributed by atoms with Crippen LogP contribution in [0.2, 0.25) is 0 Å². The highest BCUT2D eigenvalue weighted by Crippen LogP contribution is 2.27. The number of carbonyl (C=O) groups excluding carboxylic acids is 1. The zero-order chi connectivity index (χ0) is 13.8. The van der Waals surface area contributed by atoms with E-state index in [0.717, 1.165) is 12.8 Å². The molecule has 6 heteroatoms. The van der Waals surface area contributed by atoms with Crippen molar-refractivity contribution in [1.82, 2.24) is 5.32 Å². The van der Waals surface area contributed by atoms with Crippen LogP contribution in [0.25, 0.3) is 0 Å². The summed E-state index contributed by atoms with van der Waals surface area (Å²) in [4.78, 5) is 22.5. The third kappa shape index (κ3) is 4.49. The van der Waals surface area contributed by atoms with E-state index in [-0.39, 0.29) is 11.7 Å². The number of amides is 1. The maximum atomic E-state index is 11.7. The standard InChI is InChI=1S/C12H22N2O3S/c1-12(2,10(13)11(16)17)18-7-9(15)14-8-5-3-4-6-8/h8,10H,3-7,13H2,1-2H3,(H,14,15)(H,16,17)/t10-/m1/s1. The van der Waals surface area contributed by atoms with Crippen LogP contribution < -0.4 is 11.1 Å². The average Bonchev–Trinajstić information content (AvgIpc) is 2.78. The quantitative estimate of drug-likeness (QED) is 0.671. The fourth-order valence-electron chi connectivity index (χ4n) is 1.98. The Bertz CT molecular complexity index is 314. The van der Waals surface area contributed by atoms with E-state index >= 15 is 0 Å². The van der Waals surface area contributed by atoms with Gasteiger partial charge >= 0.3 is 5.97 Å². The van der Waals surface area contributed by atoms with Crippen molar-refractivity contribution in [3.05, 3.63) is 0 Å². The molecule has 1 saturated carbocycles. The van der Waals surface area contributed by atoms with E-state index in [2.05, 4.69) is 5.32 Å². The molecule has 1 aliphatic rings. The predicted molar refractivity (Wildman–Crippen MR) is 72.5 cm³/mol. The maximum Gasteiger partial charge on any atom is 0.321 e. The smallest absolute Gasteiger partial charge is 0.321 e. The van der Waals surface area contributed by atoms with Gasteiger partial charge in [0.25, 0.3) is 0 Å². The minimum absolute atomic E-state index is 0.0300. The molecule has 1 amide bonds. The number of carbonyl (C=O) groups is 2. The van der Waals surface area contributed by atoms with Crippen molar-refractivity contribution >= 4 is 23.6 Å². The molecule has 1 fully saturated rings. The second kappa shape index (κ2) is 6.43. The van der Waals surface area contributed by atoms with Gasteiger partial charge in [-0.1, -0.05) is 12.8 Å². The van der Waals surface area contributed by atoms with E-state index in [1.807, 2.05) is 0 Å². The van der Waals surface area contributed by atoms with Crippen molar-refractivity contribution in [2.45, 2.75) is 56.4 Å². The monoisotopic (exact) mass is 274 g/mol. The largest absolute Gasteiger partial charge is 0.480 e. The van der Waals surface area contributed by atoms with Crippen LogP contribution in [0, 0.1) is 0 Å². The SMILES string of the molecule is CC(C)(SCC(=O)NC1CCCC1)[C@H](N)C(=O)O. The van der Waals surface area contributed by atoms with Gasteiger partial charge in [-0.25, -0.2) is 0 Å². The van der Waals surface area contributed by atoms with Gasteiger partial charge in [0.05, 0.1) is 5.75 Å². The molecule has 1 atom stereocenters. The summed E-state index contributed by atoms with van der Waals surface area (Å²) in [5.41, 5.74) is 5.59. The van der Waals surface area contributed by atoms with Gasteiger partial charge in [0.2, 0.25) is 5.91 Å². The molecule has 0 aliphatic heterocycles. The lowest BCUT2D eigenvalue weighted by atomic mass is 10.1. The Morgan fingerprint density at radius 2 is 2.00 bits per heavy atom. The summed E-state index contributed by atoms with van der Waals surface area (Å²) >= 11 is 1.29. The first-order chi connectivity index (χ1) is 8.33. The van der Waals surface area contributed by atoms with Crippen LogP contribution in [-0.4, -0.2) is 39.6 Å². The highest BCUT2D eigenvalue weighted by Gasteiger charge is 2.33. The van der Waals surface area contributed by atoms with Gasteiger partial charge in [0, 0.05) is 10.8 Å². The molecule has 0 saturated heterocycles. The number of nitrogens with one attached hydrogen (secondary N) is 1. The number of carboxylic acids is 1. The summed E-state index contributed by atoms with van der Waals surface area (Å²) in [5, 5.41) is 11.8. The Kier molecular flexibility index (Phi) is 5.47. The van der Waals surface area contributed by atoms with E-state index in [1.165, 1.54) is 24.6 Å². The average molecular weight is 274 g/mol. The first kappa shape index (κ1) is 15.3. The van der Waals surface area contributed by atoms with Gasteiger partial charge in [0.15, 0.2) is 0 Å². The van der Waals surface area contributed by atoms with Crippen LogP contribution in [0.5, 0.6) is 0 Å². The molecule has 18 heavy (non-hydrogen) atoms. The van der Waals surface area contributed by atoms with Crippen molar-refractivity contribution in [3.63, 3.8) is 0 Å². The van der Waals surface area contributed by atoms with Crippen molar-refractivity contribution in [2.75, 3.05) is 5.75 Å². The second-order valence-electron chi connectivity index (χ2n) is 5.26. The molecule has 0 spiro atoms. The van der Waals surface area contributed by atoms with Crippen molar-refractivity contribution in [3.8, 4) is 0 Å². The Balaban J connectivity index is 2.34. The highest BCUT2D eigenvalue weighted by atomic mass is 32.2. The molecule has 0 aromatic heterocycles. The van der Waals surface area contributed by atoms with Crippen molar-refractivity contribution in [2.24, 2.45) is 5.73 Å². The van der Waals surface area contributed by atoms with Crippen LogP contribution >= 0.6 is 11.8 Å². The molecule has 1 rings (SSSR count). The van der Waals surface area contributed by atoms with Crippen molar-refractivity contribution in [1.29, 1.82) is 0 Å². The molecular weight excluding hydrogens is 252 g/mol. The van der Waals surface area contributed by atoms with Crippen LogP contribution in [0.3, 0.4) is 0 Å². The Morgan fingerprint density at radius 1 is 1.44 bits per heavy atom. The van der Waals surface area contributed by atoms with Crippen LogP contribution in [-0.2, 0) is 9.59 Å². The molecule has 1 aliphatic carbocycles. The van der Waals surface area contributed by atoms with E-state index in [1.54, 1.807) is 13.8 Å². The molecular formula is C12H22N2O3S. The Morgan fingerprint density at radius 3 is 2.50 bits per heavy atom. The number of rotatable bonds is 6. The van der Waals surface area contributed by atoms with Crippen molar-refractivity contribution < 1.29 is 14.7 Å². The number of hydrogen-bond donors (Lipinski definition) is 3. The zero-order valence-electron chi connectivity index (χ0n) is 10.9. The molecule has 0 heterocycles. The summed E-state index contributed by atoms with van der Waals surface area (Å²) < 4.78 is -0.654. The van der Waals surface area contributed by atoms with E-state index in [0.29, 0.717) is 6.04 Å². The normalized spacial score (nSPS) is 18.6. The third-order valence-corrected chi connectivity index (χ3v) is 4.72. The summed E-state index contributed by atoms with van der Waals surface area (Å²) in [6.07, 6.45) is 4.45. The van der Waals surface area contributed by atoms with Crippen LogP contribution in [0.4, 0.5) is 0 Å². The zero-order valence-corrected chi connectivity index (χ0v) is 11.8. The number of aliphatic carboxylic acids is 1. The van der Waals surface area contributed by atoms with Crippen LogP contribution in [0.15, 0.2) is 0 Å². The first-order valence-corrected chi connectivity index (χ1v) is 7.23. The van der Waals surface area contributed by atoms with Gasteiger partial charge in [-0.3, -0.25) is 9.59 Å². The summed E-state index contributed by atoms with van der Waals surface area (Å²) in [6.45, 7) is 3.50. The maximum absolute atomic E-state index is 11.7. The molecule has 0 bridgehead atoms. The van der Waals surface area contributed by atoms with Gasteiger partial charge < -0.3 is 16.2 Å². The molecule has 0 aromatic carbocycles. The van der Waals surface area contributed by atoms with Gasteiger partial charge in [-0.05, 0) is 26.7 Å². The fourth-order valence-corrected chi connectivity index (χ4v) is 2.84. The predicted octanol–water partition coefficient (Wildman–Crippen LogP) is 0.969. The van der Waals surface area contributed by atoms with E-state index in [9.17, 15) is 9.59 Å². The van der Waals surface area contributed by atoms with E-state index in [4.69, 9.17) is 10.8 Å². The number of nitrogens with two attached hydrogens (primary N) is 1. The van der Waals surface area contributed by atoms with Gasteiger partial charge in [-0.2, -0.15) is 0 Å². The minimum Gasteiger partial charge on any atom is -0.480 e. The van der Waals surface area contributed by atoms with Crippen LogP contribution in [0.1, 0.15) is 39.5 Å².